The summed E-state index contributed by atoms with van der Waals surface area (Å²) in [5.41, 5.74) is 2.51. The van der Waals surface area contributed by atoms with Gasteiger partial charge in [-0.15, -0.1) is 0 Å². The van der Waals surface area contributed by atoms with Crippen LogP contribution in [0.25, 0.3) is 30.2 Å². The summed E-state index contributed by atoms with van der Waals surface area (Å²) in [7, 11) is 0. The molecule has 0 saturated heterocycles. The van der Waals surface area contributed by atoms with Crippen LogP contribution in [0, 0.1) is 0 Å². The van der Waals surface area contributed by atoms with E-state index in [4.69, 9.17) is 0 Å². The first kappa shape index (κ1) is 10.1. The van der Waals surface area contributed by atoms with E-state index in [0.29, 0.717) is 0 Å². The number of thiazole rings is 1. The van der Waals surface area contributed by atoms with Gasteiger partial charge in [-0.25, -0.2) is 0 Å². The third-order valence-electron chi connectivity index (χ3n) is 3.65. The van der Waals surface area contributed by atoms with Crippen LogP contribution in [0.4, 0.5) is 0 Å². The molecule has 0 unspecified atom stereocenters. The van der Waals surface area contributed by atoms with Gasteiger partial charge in [-0.3, -0.25) is 4.98 Å². The van der Waals surface area contributed by atoms with Crippen molar-refractivity contribution in [3.05, 3.63) is 48.3 Å². The predicted octanol–water partition coefficient (Wildman–Crippen LogP) is 3.83. The fourth-order valence-corrected chi connectivity index (χ4v) is 5.50. The van der Waals surface area contributed by atoms with E-state index in [1.54, 1.807) is 0 Å². The summed E-state index contributed by atoms with van der Waals surface area (Å²) in [5, 5.41) is 2.75. The zero-order valence-corrected chi connectivity index (χ0v) is 11.6. The van der Waals surface area contributed by atoms with Gasteiger partial charge in [0.15, 0.2) is 6.54 Å². The number of fused-ring (bicyclic) bond motifs is 7. The smallest absolute Gasteiger partial charge is 0.254 e. The lowest BCUT2D eigenvalue weighted by Crippen LogP contribution is -2.29. The molecule has 0 amide bonds. The summed E-state index contributed by atoms with van der Waals surface area (Å²) in [6.07, 6.45) is 1.89. The van der Waals surface area contributed by atoms with Gasteiger partial charge in [0.05, 0.1) is 5.56 Å². The Balaban J connectivity index is 1.93. The molecule has 0 bridgehead atoms. The molecule has 0 atom stereocenters. The van der Waals surface area contributed by atoms with Crippen molar-refractivity contribution in [3.8, 4) is 10.6 Å². The lowest BCUT2D eigenvalue weighted by atomic mass is 10.2. The maximum atomic E-state index is 4.50. The van der Waals surface area contributed by atoms with Crippen molar-refractivity contribution in [2.24, 2.45) is 0 Å². The highest BCUT2D eigenvalue weighted by atomic mass is 32.1. The highest BCUT2D eigenvalue weighted by molar-refractivity contribution is 7.32. The quantitative estimate of drug-likeness (QED) is 0.394. The van der Waals surface area contributed by atoms with Crippen molar-refractivity contribution in [2.45, 2.75) is 6.54 Å². The Kier molecular flexibility index (Phi) is 1.80. The zero-order valence-electron chi connectivity index (χ0n) is 9.96. The Morgan fingerprint density at radius 3 is 3.00 bits per heavy atom. The number of thiophene rings is 1. The van der Waals surface area contributed by atoms with Gasteiger partial charge >= 0.3 is 0 Å². The number of pyridine rings is 1. The van der Waals surface area contributed by atoms with Crippen LogP contribution in [0.2, 0.25) is 0 Å². The second kappa shape index (κ2) is 3.40. The predicted molar refractivity (Wildman–Crippen MR) is 79.7 cm³/mol. The van der Waals surface area contributed by atoms with Gasteiger partial charge in [0, 0.05) is 16.3 Å². The molecule has 5 rings (SSSR count). The van der Waals surface area contributed by atoms with Crippen molar-refractivity contribution in [1.82, 2.24) is 4.98 Å². The highest BCUT2D eigenvalue weighted by Crippen LogP contribution is 2.41. The van der Waals surface area contributed by atoms with Crippen LogP contribution >= 0.6 is 22.7 Å². The van der Waals surface area contributed by atoms with E-state index in [0.717, 1.165) is 6.54 Å². The molecular formula is C15H9N2S2+. The third kappa shape index (κ3) is 1.20. The van der Waals surface area contributed by atoms with Crippen molar-refractivity contribution in [1.29, 1.82) is 0 Å². The maximum Gasteiger partial charge on any atom is 0.281 e. The molecule has 1 aliphatic heterocycles. The normalized spacial score (nSPS) is 13.1. The Labute approximate surface area is 117 Å². The summed E-state index contributed by atoms with van der Waals surface area (Å²) in [4.78, 5) is 5.89. The number of benzene rings is 1. The Bertz CT molecular complexity index is 949. The van der Waals surface area contributed by atoms with Gasteiger partial charge in [-0.2, -0.15) is 4.57 Å². The first-order valence-electron chi connectivity index (χ1n) is 6.20. The third-order valence-corrected chi connectivity index (χ3v) is 6.22. The number of aromatic nitrogens is 2. The fraction of sp³-hybridized carbons (Fsp3) is 0.0667. The van der Waals surface area contributed by atoms with Crippen molar-refractivity contribution >= 4 is 42.3 Å². The molecule has 0 radical (unpaired) electrons. The Morgan fingerprint density at radius 1 is 1.05 bits per heavy atom. The average Bonchev–Trinajstić information content (AvgIpc) is 3.07. The number of hydrogen-bond donors (Lipinski definition) is 0. The van der Waals surface area contributed by atoms with Crippen LogP contribution in [0.3, 0.4) is 0 Å². The largest absolute Gasteiger partial charge is 0.281 e. The summed E-state index contributed by atoms with van der Waals surface area (Å²) in [5.74, 6) is 0. The fourth-order valence-electron chi connectivity index (χ4n) is 2.78. The lowest BCUT2D eigenvalue weighted by Gasteiger charge is -1.89. The molecule has 1 aromatic carbocycles. The standard InChI is InChI=1S/C15H9N2S2/c1-2-6-12-10(4-1)13-15(18-12)17-8-11-9(14(17)19-13)5-3-7-16-11/h1-7H,8H2/q+1. The van der Waals surface area contributed by atoms with Crippen LogP contribution < -0.4 is 4.57 Å². The molecule has 0 N–H and O–H groups in total. The van der Waals surface area contributed by atoms with Gasteiger partial charge in [-0.1, -0.05) is 40.9 Å². The van der Waals surface area contributed by atoms with Crippen LogP contribution in [0.1, 0.15) is 5.69 Å². The molecule has 4 heterocycles. The summed E-state index contributed by atoms with van der Waals surface area (Å²) < 4.78 is 5.22. The molecule has 1 aliphatic rings. The summed E-state index contributed by atoms with van der Waals surface area (Å²) in [6.45, 7) is 0.915. The zero-order chi connectivity index (χ0) is 12.4. The van der Waals surface area contributed by atoms with Crippen LogP contribution in [0.5, 0.6) is 0 Å². The first-order chi connectivity index (χ1) is 9.42. The molecule has 0 fully saturated rings. The minimum Gasteiger partial charge on any atom is -0.254 e. The van der Waals surface area contributed by atoms with Crippen molar-refractivity contribution < 1.29 is 4.57 Å². The summed E-state index contributed by atoms with van der Waals surface area (Å²) >= 11 is 3.79. The van der Waals surface area contributed by atoms with E-state index in [1.807, 2.05) is 34.9 Å². The first-order valence-corrected chi connectivity index (χ1v) is 7.83. The Hall–Kier alpha value is -1.78. The number of rotatable bonds is 0. The monoisotopic (exact) mass is 281 g/mol. The molecule has 19 heavy (non-hydrogen) atoms. The van der Waals surface area contributed by atoms with E-state index in [-0.39, 0.29) is 0 Å². The maximum absolute atomic E-state index is 4.50. The molecule has 90 valence electrons. The second-order valence-electron chi connectivity index (χ2n) is 4.72. The number of hydrogen-bond acceptors (Lipinski definition) is 3. The molecule has 0 aliphatic carbocycles. The second-order valence-corrected chi connectivity index (χ2v) is 6.75. The SMILES string of the molecule is c1cnc2c(c1)-c1sc3c4ccccc4sc3[n+]1C2. The minimum atomic E-state index is 0.915. The topological polar surface area (TPSA) is 16.8 Å². The molecule has 4 aromatic rings. The van der Waals surface area contributed by atoms with Gasteiger partial charge in [0.2, 0.25) is 0 Å². The lowest BCUT2D eigenvalue weighted by molar-refractivity contribution is -0.640. The van der Waals surface area contributed by atoms with Gasteiger partial charge in [-0.05, 0) is 18.2 Å². The van der Waals surface area contributed by atoms with Gasteiger partial charge in [0.25, 0.3) is 9.84 Å². The molecule has 4 heteroatoms. The Morgan fingerprint density at radius 2 is 2.00 bits per heavy atom. The van der Waals surface area contributed by atoms with Gasteiger partial charge < -0.3 is 0 Å². The van der Waals surface area contributed by atoms with Crippen LogP contribution in [-0.4, -0.2) is 4.98 Å². The van der Waals surface area contributed by atoms with Crippen molar-refractivity contribution in [2.75, 3.05) is 0 Å². The summed E-state index contributed by atoms with van der Waals surface area (Å²) in [6, 6.07) is 12.9. The molecule has 0 saturated carbocycles. The van der Waals surface area contributed by atoms with E-state index in [9.17, 15) is 0 Å². The van der Waals surface area contributed by atoms with E-state index in [1.165, 1.54) is 35.9 Å². The number of nitrogens with zero attached hydrogens (tertiary/aromatic N) is 2. The molecular weight excluding hydrogens is 272 g/mol. The minimum absolute atomic E-state index is 0.915. The van der Waals surface area contributed by atoms with Crippen molar-refractivity contribution in [3.63, 3.8) is 0 Å². The molecule has 0 spiro atoms. The molecule has 3 aromatic heterocycles. The average molecular weight is 281 g/mol. The van der Waals surface area contributed by atoms with Crippen LogP contribution in [-0.2, 0) is 6.54 Å². The van der Waals surface area contributed by atoms with E-state index < -0.39 is 0 Å². The highest BCUT2D eigenvalue weighted by Gasteiger charge is 2.34. The van der Waals surface area contributed by atoms with Crippen LogP contribution in [0.15, 0.2) is 42.6 Å². The molecule has 2 nitrogen and oxygen atoms in total. The van der Waals surface area contributed by atoms with E-state index in [2.05, 4.69) is 39.9 Å². The van der Waals surface area contributed by atoms with Gasteiger partial charge in [0.1, 0.15) is 10.4 Å². The van der Waals surface area contributed by atoms with E-state index >= 15 is 0 Å².